The molecule has 3 aromatic rings. The van der Waals surface area contributed by atoms with E-state index < -0.39 is 31.5 Å². The molecule has 0 unspecified atom stereocenters. The third-order valence-electron chi connectivity index (χ3n) is 4.48. The Balaban J connectivity index is 1.87. The number of carbonyl (C=O) groups excluding carboxylic acids is 1. The summed E-state index contributed by atoms with van der Waals surface area (Å²) in [6.07, 6.45) is 2.75. The van der Waals surface area contributed by atoms with Crippen LogP contribution in [0.2, 0.25) is 0 Å². The molecular weight excluding hydrogens is 478 g/mol. The van der Waals surface area contributed by atoms with Crippen molar-refractivity contribution in [3.05, 3.63) is 87.9 Å². The Kier molecular flexibility index (Phi) is 7.85. The summed E-state index contributed by atoms with van der Waals surface area (Å²) < 4.78 is 41.2. The van der Waals surface area contributed by atoms with E-state index in [2.05, 4.69) is 5.32 Å². The number of nitrogens with zero attached hydrogens (tertiary/aromatic N) is 2. The maximum atomic E-state index is 12.8. The van der Waals surface area contributed by atoms with Crippen LogP contribution in [0, 0.1) is 21.4 Å². The molecule has 1 heterocycles. The van der Waals surface area contributed by atoms with E-state index >= 15 is 0 Å². The SMILES string of the molecule is CCOc1cc(/C=C(\C#N)C(=O)NCc2ccco2)ccc1OS(=O)(=O)c1ccccc1[N+](=O)[O-]. The van der Waals surface area contributed by atoms with Gasteiger partial charge in [-0.05, 0) is 48.9 Å². The van der Waals surface area contributed by atoms with Gasteiger partial charge in [-0.25, -0.2) is 0 Å². The van der Waals surface area contributed by atoms with Crippen molar-refractivity contribution in [2.24, 2.45) is 0 Å². The number of amides is 1. The van der Waals surface area contributed by atoms with Crippen LogP contribution in [-0.4, -0.2) is 25.9 Å². The van der Waals surface area contributed by atoms with Crippen LogP contribution in [0.3, 0.4) is 0 Å². The minimum atomic E-state index is -4.58. The molecule has 1 N–H and O–H groups in total. The minimum absolute atomic E-state index is 0.00306. The molecule has 0 spiro atoms. The highest BCUT2D eigenvalue weighted by molar-refractivity contribution is 7.87. The van der Waals surface area contributed by atoms with Gasteiger partial charge >= 0.3 is 10.1 Å². The standard InChI is InChI=1S/C23H19N3O8S/c1-2-32-21-13-16(12-17(14-24)23(27)25-15-18-6-5-11-33-18)9-10-20(21)34-35(30,31)22-8-4-3-7-19(22)26(28)29/h3-13H,2,15H2,1H3,(H,25,27)/b17-12+. The Morgan fingerprint density at radius 3 is 2.63 bits per heavy atom. The van der Waals surface area contributed by atoms with E-state index in [9.17, 15) is 28.6 Å². The predicted octanol–water partition coefficient (Wildman–Crippen LogP) is 3.58. The first-order valence-corrected chi connectivity index (χ1v) is 11.5. The molecule has 3 rings (SSSR count). The van der Waals surface area contributed by atoms with Crippen LogP contribution in [0.25, 0.3) is 6.08 Å². The highest BCUT2D eigenvalue weighted by Gasteiger charge is 2.28. The molecule has 1 aromatic heterocycles. The number of nitrogens with one attached hydrogen (secondary N) is 1. The fourth-order valence-corrected chi connectivity index (χ4v) is 4.03. The monoisotopic (exact) mass is 497 g/mol. The number of rotatable bonds is 10. The molecule has 12 heteroatoms. The first kappa shape index (κ1) is 25.0. The summed E-state index contributed by atoms with van der Waals surface area (Å²) in [6.45, 7) is 1.89. The van der Waals surface area contributed by atoms with Crippen LogP contribution in [0.5, 0.6) is 11.5 Å². The van der Waals surface area contributed by atoms with E-state index in [4.69, 9.17) is 13.3 Å². The highest BCUT2D eigenvalue weighted by Crippen LogP contribution is 2.33. The predicted molar refractivity (Wildman–Crippen MR) is 123 cm³/mol. The molecular formula is C23H19N3O8S. The number of nitro groups is 1. The topological polar surface area (TPSA) is 162 Å². The summed E-state index contributed by atoms with van der Waals surface area (Å²) in [7, 11) is -4.58. The molecule has 0 bridgehead atoms. The second kappa shape index (κ2) is 11.0. The molecule has 0 fully saturated rings. The molecule has 0 aliphatic heterocycles. The molecule has 35 heavy (non-hydrogen) atoms. The van der Waals surface area contributed by atoms with E-state index in [1.54, 1.807) is 19.1 Å². The van der Waals surface area contributed by atoms with Crippen molar-refractivity contribution in [1.29, 1.82) is 5.26 Å². The van der Waals surface area contributed by atoms with Gasteiger partial charge < -0.3 is 18.7 Å². The Bertz CT molecular complexity index is 1410. The van der Waals surface area contributed by atoms with Gasteiger partial charge in [0.15, 0.2) is 16.4 Å². The van der Waals surface area contributed by atoms with Gasteiger partial charge in [0.1, 0.15) is 17.4 Å². The Labute approximate surface area is 200 Å². The van der Waals surface area contributed by atoms with Gasteiger partial charge in [-0.1, -0.05) is 18.2 Å². The van der Waals surface area contributed by atoms with E-state index in [1.807, 2.05) is 6.07 Å². The molecule has 0 saturated heterocycles. The number of nitriles is 1. The van der Waals surface area contributed by atoms with Crippen molar-refractivity contribution in [1.82, 2.24) is 5.32 Å². The van der Waals surface area contributed by atoms with Crippen LogP contribution in [0.1, 0.15) is 18.2 Å². The fraction of sp³-hybridized carbons (Fsp3) is 0.130. The number of ether oxygens (including phenoxy) is 1. The number of nitro benzene ring substituents is 1. The summed E-state index contributed by atoms with van der Waals surface area (Å²) in [4.78, 5) is 22.1. The molecule has 2 aromatic carbocycles. The lowest BCUT2D eigenvalue weighted by Gasteiger charge is -2.13. The third-order valence-corrected chi connectivity index (χ3v) is 5.76. The zero-order valence-electron chi connectivity index (χ0n) is 18.3. The van der Waals surface area contributed by atoms with Crippen molar-refractivity contribution < 1.29 is 31.5 Å². The highest BCUT2D eigenvalue weighted by atomic mass is 32.2. The average Bonchev–Trinajstić information content (AvgIpc) is 3.36. The van der Waals surface area contributed by atoms with Gasteiger partial charge in [0.25, 0.3) is 11.6 Å². The third kappa shape index (κ3) is 6.24. The lowest BCUT2D eigenvalue weighted by Crippen LogP contribution is -2.23. The smallest absolute Gasteiger partial charge is 0.346 e. The van der Waals surface area contributed by atoms with Crippen LogP contribution >= 0.6 is 0 Å². The van der Waals surface area contributed by atoms with Crippen molar-refractivity contribution in [3.8, 4) is 17.6 Å². The van der Waals surface area contributed by atoms with Gasteiger partial charge in [-0.2, -0.15) is 13.7 Å². The average molecular weight is 497 g/mol. The summed E-state index contributed by atoms with van der Waals surface area (Å²) >= 11 is 0. The summed E-state index contributed by atoms with van der Waals surface area (Å²) in [5.74, 6) is -0.351. The number of hydrogen-bond donors (Lipinski definition) is 1. The van der Waals surface area contributed by atoms with Crippen molar-refractivity contribution in [2.45, 2.75) is 18.4 Å². The second-order valence-electron chi connectivity index (χ2n) is 6.83. The van der Waals surface area contributed by atoms with E-state index in [0.717, 1.165) is 12.1 Å². The van der Waals surface area contributed by atoms with Gasteiger partial charge in [0, 0.05) is 6.07 Å². The second-order valence-corrected chi connectivity index (χ2v) is 8.35. The summed E-state index contributed by atoms with van der Waals surface area (Å²) in [5, 5.41) is 23.2. The number of carbonyl (C=O) groups is 1. The van der Waals surface area contributed by atoms with Crippen LogP contribution in [0.4, 0.5) is 5.69 Å². The Hall–Kier alpha value is -4.63. The molecule has 1 amide bonds. The lowest BCUT2D eigenvalue weighted by molar-refractivity contribution is -0.387. The molecule has 180 valence electrons. The van der Waals surface area contributed by atoms with Gasteiger partial charge in [0.2, 0.25) is 0 Å². The van der Waals surface area contributed by atoms with E-state index in [-0.39, 0.29) is 30.2 Å². The zero-order valence-corrected chi connectivity index (χ0v) is 19.2. The Morgan fingerprint density at radius 2 is 1.97 bits per heavy atom. The largest absolute Gasteiger partial charge is 0.490 e. The first-order valence-electron chi connectivity index (χ1n) is 10.1. The van der Waals surface area contributed by atoms with Crippen molar-refractivity contribution >= 4 is 27.8 Å². The number of para-hydroxylation sites is 1. The molecule has 11 nitrogen and oxygen atoms in total. The van der Waals surface area contributed by atoms with Crippen LogP contribution in [-0.2, 0) is 21.5 Å². The van der Waals surface area contributed by atoms with Crippen LogP contribution < -0.4 is 14.2 Å². The molecule has 0 saturated carbocycles. The zero-order chi connectivity index (χ0) is 25.4. The number of benzene rings is 2. The van der Waals surface area contributed by atoms with Gasteiger partial charge in [0.05, 0.1) is 24.3 Å². The maximum absolute atomic E-state index is 12.8. The molecule has 0 radical (unpaired) electrons. The molecule has 0 atom stereocenters. The maximum Gasteiger partial charge on any atom is 0.346 e. The lowest BCUT2D eigenvalue weighted by atomic mass is 10.1. The first-order chi connectivity index (χ1) is 16.7. The normalized spacial score (nSPS) is 11.4. The van der Waals surface area contributed by atoms with Crippen molar-refractivity contribution in [2.75, 3.05) is 6.61 Å². The molecule has 0 aliphatic rings. The van der Waals surface area contributed by atoms with E-state index in [0.29, 0.717) is 11.3 Å². The fourth-order valence-electron chi connectivity index (χ4n) is 2.93. The van der Waals surface area contributed by atoms with Crippen molar-refractivity contribution in [3.63, 3.8) is 0 Å². The number of hydrogen-bond acceptors (Lipinski definition) is 9. The Morgan fingerprint density at radius 1 is 1.20 bits per heavy atom. The van der Waals surface area contributed by atoms with Gasteiger partial charge in [-0.3, -0.25) is 14.9 Å². The van der Waals surface area contributed by atoms with E-state index in [1.165, 1.54) is 42.7 Å². The number of furan rings is 1. The summed E-state index contributed by atoms with van der Waals surface area (Å²) in [5.41, 5.74) is -0.488. The minimum Gasteiger partial charge on any atom is -0.490 e. The van der Waals surface area contributed by atoms with Gasteiger partial charge in [-0.15, -0.1) is 0 Å². The van der Waals surface area contributed by atoms with Crippen LogP contribution in [0.15, 0.2) is 75.7 Å². The summed E-state index contributed by atoms with van der Waals surface area (Å²) in [6, 6.07) is 14.0. The molecule has 0 aliphatic carbocycles. The quantitative estimate of drug-likeness (QED) is 0.145.